The van der Waals surface area contributed by atoms with Gasteiger partial charge in [-0.1, -0.05) is 49.2 Å². The van der Waals surface area contributed by atoms with Gasteiger partial charge in [0.1, 0.15) is 11.6 Å². The van der Waals surface area contributed by atoms with Gasteiger partial charge in [-0.05, 0) is 62.2 Å². The zero-order valence-electron chi connectivity index (χ0n) is 21.3. The molecule has 0 saturated carbocycles. The molecule has 0 unspecified atom stereocenters. The van der Waals surface area contributed by atoms with Gasteiger partial charge in [0.05, 0.1) is 17.8 Å². The number of pyridine rings is 1. The van der Waals surface area contributed by atoms with E-state index in [0.717, 1.165) is 55.5 Å². The number of fused-ring (bicyclic) bond motifs is 1. The van der Waals surface area contributed by atoms with Crippen LogP contribution in [0.2, 0.25) is 0 Å². The number of nitrogens with one attached hydrogen (secondary N) is 1. The normalized spacial score (nSPS) is 15.0. The third-order valence-corrected chi connectivity index (χ3v) is 6.91. The van der Waals surface area contributed by atoms with Crippen molar-refractivity contribution >= 4 is 16.7 Å². The van der Waals surface area contributed by atoms with Gasteiger partial charge in [-0.15, -0.1) is 0 Å². The fraction of sp³-hybridized carbons (Fsp3) is 0.367. The first-order valence-electron chi connectivity index (χ1n) is 13.1. The van der Waals surface area contributed by atoms with Gasteiger partial charge in [-0.2, -0.15) is 0 Å². The average molecular weight is 502 g/mol. The van der Waals surface area contributed by atoms with Crippen LogP contribution in [0.1, 0.15) is 49.6 Å². The van der Waals surface area contributed by atoms with Crippen LogP contribution in [0, 0.1) is 0 Å². The van der Waals surface area contributed by atoms with E-state index in [1.807, 2.05) is 36.4 Å². The first-order chi connectivity index (χ1) is 18.0. The molecule has 0 atom stereocenters. The Balaban J connectivity index is 1.50. The largest absolute Gasteiger partial charge is 0.369 e. The number of aromatic nitrogens is 3. The van der Waals surface area contributed by atoms with E-state index in [4.69, 9.17) is 9.97 Å². The fourth-order valence-electron chi connectivity index (χ4n) is 4.98. The monoisotopic (exact) mass is 501 g/mol. The molecule has 3 heterocycles. The number of likely N-dealkylation sites (tertiary alicyclic amines) is 1. The zero-order valence-corrected chi connectivity index (χ0v) is 21.3. The molecule has 1 aliphatic heterocycles. The van der Waals surface area contributed by atoms with Crippen molar-refractivity contribution in [1.82, 2.24) is 19.9 Å². The van der Waals surface area contributed by atoms with Crippen molar-refractivity contribution in [2.75, 3.05) is 25.0 Å². The number of halogens is 2. The molecule has 1 aliphatic rings. The summed E-state index contributed by atoms with van der Waals surface area (Å²) >= 11 is 0. The number of hydrogen-bond acceptors (Lipinski definition) is 5. The lowest BCUT2D eigenvalue weighted by Gasteiger charge is -2.20. The zero-order chi connectivity index (χ0) is 25.7. The maximum atomic E-state index is 14.3. The SMILES string of the molecule is CC(F)(F)c1cccnc1-c1ccc2c(NCCc3ccccc3)nc(CN3CCCCCC3)nc2c1. The highest BCUT2D eigenvalue weighted by molar-refractivity contribution is 5.92. The van der Waals surface area contributed by atoms with E-state index >= 15 is 0 Å². The van der Waals surface area contributed by atoms with Crippen molar-refractivity contribution < 1.29 is 8.78 Å². The third-order valence-electron chi connectivity index (χ3n) is 6.91. The maximum Gasteiger partial charge on any atom is 0.272 e. The predicted molar refractivity (Wildman–Crippen MR) is 145 cm³/mol. The highest BCUT2D eigenvalue weighted by atomic mass is 19.3. The molecule has 1 fully saturated rings. The lowest BCUT2D eigenvalue weighted by atomic mass is 10.0. The smallest absolute Gasteiger partial charge is 0.272 e. The molecule has 192 valence electrons. The molecule has 0 amide bonds. The summed E-state index contributed by atoms with van der Waals surface area (Å²) in [6.07, 6.45) is 7.32. The second kappa shape index (κ2) is 11.3. The highest BCUT2D eigenvalue weighted by Crippen LogP contribution is 2.35. The van der Waals surface area contributed by atoms with E-state index in [1.54, 1.807) is 12.3 Å². The van der Waals surface area contributed by atoms with E-state index in [-0.39, 0.29) is 11.3 Å². The number of rotatable bonds is 8. The van der Waals surface area contributed by atoms with Gasteiger partial charge in [0.2, 0.25) is 0 Å². The van der Waals surface area contributed by atoms with Gasteiger partial charge in [0.15, 0.2) is 0 Å². The number of anilines is 1. The minimum Gasteiger partial charge on any atom is -0.369 e. The Hall–Kier alpha value is -3.45. The van der Waals surface area contributed by atoms with E-state index < -0.39 is 5.92 Å². The molecule has 37 heavy (non-hydrogen) atoms. The Morgan fingerprint density at radius 3 is 2.46 bits per heavy atom. The van der Waals surface area contributed by atoms with Crippen molar-refractivity contribution in [3.63, 3.8) is 0 Å². The number of hydrogen-bond donors (Lipinski definition) is 1. The summed E-state index contributed by atoms with van der Waals surface area (Å²) in [6.45, 7) is 4.40. The summed E-state index contributed by atoms with van der Waals surface area (Å²) < 4.78 is 28.7. The van der Waals surface area contributed by atoms with Crippen LogP contribution in [-0.2, 0) is 18.9 Å². The molecule has 4 aromatic rings. The molecule has 0 bridgehead atoms. The first-order valence-corrected chi connectivity index (χ1v) is 13.1. The van der Waals surface area contributed by atoms with E-state index in [9.17, 15) is 8.78 Å². The number of alkyl halides is 2. The van der Waals surface area contributed by atoms with Crippen LogP contribution in [0.15, 0.2) is 66.9 Å². The Bertz CT molecular complexity index is 1330. The van der Waals surface area contributed by atoms with Crippen LogP contribution in [0.25, 0.3) is 22.2 Å². The van der Waals surface area contributed by atoms with Crippen LogP contribution in [0.3, 0.4) is 0 Å². The van der Waals surface area contributed by atoms with Gasteiger partial charge in [0, 0.05) is 36.2 Å². The molecule has 2 aromatic carbocycles. The summed E-state index contributed by atoms with van der Waals surface area (Å²) in [5, 5.41) is 4.39. The molecule has 7 heteroatoms. The summed E-state index contributed by atoms with van der Waals surface area (Å²) in [6, 6.07) is 18.9. The molecule has 1 saturated heterocycles. The molecule has 0 radical (unpaired) electrons. The Morgan fingerprint density at radius 2 is 1.70 bits per heavy atom. The van der Waals surface area contributed by atoms with Crippen LogP contribution in [0.4, 0.5) is 14.6 Å². The van der Waals surface area contributed by atoms with Gasteiger partial charge in [-0.3, -0.25) is 9.88 Å². The molecule has 1 N–H and O–H groups in total. The second-order valence-electron chi connectivity index (χ2n) is 9.86. The molecule has 5 nitrogen and oxygen atoms in total. The standard InChI is InChI=1S/C30H33F2N5/c1-30(31,32)25-12-9-16-33-28(25)23-13-14-24-26(20-23)35-27(21-37-18-7-2-3-8-19-37)36-29(24)34-17-15-22-10-5-4-6-11-22/h4-6,9-14,16,20H,2-3,7-8,15,17-19,21H2,1H3,(H,34,35,36). The van der Waals surface area contributed by atoms with E-state index in [1.165, 1.54) is 37.3 Å². The topological polar surface area (TPSA) is 53.9 Å². The van der Waals surface area contributed by atoms with Crippen molar-refractivity contribution in [3.8, 4) is 11.3 Å². The Labute approximate surface area is 217 Å². The molecular weight excluding hydrogens is 468 g/mol. The van der Waals surface area contributed by atoms with Crippen LogP contribution < -0.4 is 5.32 Å². The average Bonchev–Trinajstić information content (AvgIpc) is 3.17. The number of benzene rings is 2. The van der Waals surface area contributed by atoms with Gasteiger partial charge in [-0.25, -0.2) is 18.7 Å². The van der Waals surface area contributed by atoms with Crippen molar-refractivity contribution in [1.29, 1.82) is 0 Å². The van der Waals surface area contributed by atoms with Crippen LogP contribution in [-0.4, -0.2) is 39.5 Å². The molecule has 0 spiro atoms. The first kappa shape index (κ1) is 25.2. The van der Waals surface area contributed by atoms with Gasteiger partial charge in [0.25, 0.3) is 5.92 Å². The lowest BCUT2D eigenvalue weighted by molar-refractivity contribution is 0.0178. The fourth-order valence-corrected chi connectivity index (χ4v) is 4.98. The van der Waals surface area contributed by atoms with Crippen LogP contribution in [0.5, 0.6) is 0 Å². The van der Waals surface area contributed by atoms with E-state index in [0.29, 0.717) is 12.1 Å². The Kier molecular flexibility index (Phi) is 7.70. The minimum absolute atomic E-state index is 0.0885. The summed E-state index contributed by atoms with van der Waals surface area (Å²) in [7, 11) is 0. The van der Waals surface area contributed by atoms with E-state index in [2.05, 4.69) is 27.3 Å². The lowest BCUT2D eigenvalue weighted by Crippen LogP contribution is -2.25. The predicted octanol–water partition coefficient (Wildman–Crippen LogP) is 6.83. The highest BCUT2D eigenvalue weighted by Gasteiger charge is 2.28. The van der Waals surface area contributed by atoms with Crippen LogP contribution >= 0.6 is 0 Å². The number of nitrogens with zero attached hydrogens (tertiary/aromatic N) is 4. The van der Waals surface area contributed by atoms with Gasteiger partial charge < -0.3 is 5.32 Å². The van der Waals surface area contributed by atoms with Gasteiger partial charge >= 0.3 is 0 Å². The third kappa shape index (κ3) is 6.28. The van der Waals surface area contributed by atoms with Crippen molar-refractivity contribution in [2.45, 2.75) is 51.5 Å². The summed E-state index contributed by atoms with van der Waals surface area (Å²) in [5.41, 5.74) is 2.80. The summed E-state index contributed by atoms with van der Waals surface area (Å²) in [4.78, 5) is 16.5. The second-order valence-corrected chi connectivity index (χ2v) is 9.86. The van der Waals surface area contributed by atoms with Crippen molar-refractivity contribution in [2.24, 2.45) is 0 Å². The molecule has 5 rings (SSSR count). The summed E-state index contributed by atoms with van der Waals surface area (Å²) in [5.74, 6) is -1.47. The Morgan fingerprint density at radius 1 is 0.919 bits per heavy atom. The molecular formula is C30H33F2N5. The minimum atomic E-state index is -2.99. The maximum absolute atomic E-state index is 14.3. The molecule has 0 aliphatic carbocycles. The quantitative estimate of drug-likeness (QED) is 0.287. The van der Waals surface area contributed by atoms with Crippen molar-refractivity contribution in [3.05, 3.63) is 83.8 Å². The molecule has 2 aromatic heterocycles.